The quantitative estimate of drug-likeness (QED) is 0.748. The summed E-state index contributed by atoms with van der Waals surface area (Å²) in [6.07, 6.45) is 0.913. The van der Waals surface area contributed by atoms with Gasteiger partial charge in [0.1, 0.15) is 11.6 Å². The number of hydrogen-bond acceptors (Lipinski definition) is 4. The number of pyridine rings is 1. The van der Waals surface area contributed by atoms with E-state index in [-0.39, 0.29) is 11.4 Å². The number of nitriles is 1. The Kier molecular flexibility index (Phi) is 5.41. The van der Waals surface area contributed by atoms with Gasteiger partial charge in [0.2, 0.25) is 5.88 Å². The van der Waals surface area contributed by atoms with E-state index >= 15 is 0 Å². The van der Waals surface area contributed by atoms with Crippen molar-refractivity contribution in [2.75, 3.05) is 7.05 Å². The van der Waals surface area contributed by atoms with Crippen molar-refractivity contribution in [1.82, 2.24) is 9.88 Å². The predicted octanol–water partition coefficient (Wildman–Crippen LogP) is 3.58. The summed E-state index contributed by atoms with van der Waals surface area (Å²) in [4.78, 5) is 17.7. The zero-order chi connectivity index (χ0) is 18.4. The molecule has 1 aromatic heterocycles. The van der Waals surface area contributed by atoms with Crippen molar-refractivity contribution in [1.29, 1.82) is 5.26 Å². The summed E-state index contributed by atoms with van der Waals surface area (Å²) in [5, 5.41) is 9.30. The van der Waals surface area contributed by atoms with E-state index in [1.165, 1.54) is 11.1 Å². The number of benzene rings is 1. The number of hydrogen-bond donors (Lipinski definition) is 0. The van der Waals surface area contributed by atoms with Gasteiger partial charge in [0.05, 0.1) is 0 Å². The molecule has 2 aromatic rings. The molecule has 0 fully saturated rings. The van der Waals surface area contributed by atoms with E-state index in [4.69, 9.17) is 4.74 Å². The lowest BCUT2D eigenvalue weighted by Crippen LogP contribution is -2.44. The normalized spacial score (nSPS) is 10.2. The zero-order valence-electron chi connectivity index (χ0n) is 14.7. The lowest BCUT2D eigenvalue weighted by Gasteiger charge is -2.30. The second-order valence-corrected chi connectivity index (χ2v) is 6.40. The highest BCUT2D eigenvalue weighted by atomic mass is 16.6. The van der Waals surface area contributed by atoms with Gasteiger partial charge in [-0.15, -0.1) is 0 Å². The average molecular weight is 333 g/mol. The van der Waals surface area contributed by atoms with Crippen LogP contribution >= 0.6 is 0 Å². The second kappa shape index (κ2) is 7.51. The van der Waals surface area contributed by atoms with Crippen LogP contribution in [0.5, 0.6) is 5.88 Å². The molecule has 0 unspecified atom stereocenters. The number of carbonyl (C=O) groups is 1. The van der Waals surface area contributed by atoms with E-state index in [0.717, 1.165) is 5.56 Å². The van der Waals surface area contributed by atoms with Crippen LogP contribution in [0.4, 0.5) is 4.79 Å². The van der Waals surface area contributed by atoms with Crippen LogP contribution in [0, 0.1) is 23.2 Å². The molecule has 0 radical (unpaired) electrons. The SMILES string of the molecule is CN(C(=O)Oc1ncc(C#Cc2ccccc2)cc1C#N)C(C)(C)C. The van der Waals surface area contributed by atoms with Crippen LogP contribution < -0.4 is 4.74 Å². The third-order valence-electron chi connectivity index (χ3n) is 3.56. The van der Waals surface area contributed by atoms with E-state index in [2.05, 4.69) is 16.8 Å². The van der Waals surface area contributed by atoms with E-state index in [1.807, 2.05) is 57.2 Å². The van der Waals surface area contributed by atoms with Crippen LogP contribution in [0.15, 0.2) is 42.6 Å². The standard InChI is InChI=1S/C20H19N3O2/c1-20(2,3)23(4)19(24)25-18-17(13-21)12-16(14-22-18)11-10-15-8-6-5-7-9-15/h5-9,12,14H,1-4H3. The molecule has 0 atom stereocenters. The van der Waals surface area contributed by atoms with Crippen LogP contribution in [0.25, 0.3) is 0 Å². The fourth-order valence-corrected chi connectivity index (χ4v) is 1.77. The molecule has 0 N–H and O–H groups in total. The van der Waals surface area contributed by atoms with Crippen molar-refractivity contribution in [3.8, 4) is 23.8 Å². The topological polar surface area (TPSA) is 66.2 Å². The Hall–Kier alpha value is -3.31. The van der Waals surface area contributed by atoms with Crippen molar-refractivity contribution in [2.24, 2.45) is 0 Å². The van der Waals surface area contributed by atoms with Gasteiger partial charge in [-0.3, -0.25) is 0 Å². The molecular formula is C20H19N3O2. The van der Waals surface area contributed by atoms with Gasteiger partial charge in [0.25, 0.3) is 0 Å². The fourth-order valence-electron chi connectivity index (χ4n) is 1.77. The van der Waals surface area contributed by atoms with Crippen LogP contribution in [0.2, 0.25) is 0 Å². The zero-order valence-corrected chi connectivity index (χ0v) is 14.7. The third-order valence-corrected chi connectivity index (χ3v) is 3.56. The Bertz CT molecular complexity index is 866. The molecule has 0 saturated carbocycles. The Morgan fingerprint density at radius 2 is 1.80 bits per heavy atom. The van der Waals surface area contributed by atoms with Gasteiger partial charge in [-0.1, -0.05) is 30.0 Å². The minimum atomic E-state index is -0.570. The summed E-state index contributed by atoms with van der Waals surface area (Å²) < 4.78 is 5.25. The summed E-state index contributed by atoms with van der Waals surface area (Å²) in [7, 11) is 1.63. The smallest absolute Gasteiger partial charge is 0.390 e. The van der Waals surface area contributed by atoms with Crippen molar-refractivity contribution < 1.29 is 9.53 Å². The lowest BCUT2D eigenvalue weighted by atomic mass is 10.1. The minimum Gasteiger partial charge on any atom is -0.390 e. The number of rotatable bonds is 1. The van der Waals surface area contributed by atoms with Gasteiger partial charge in [0.15, 0.2) is 0 Å². The Labute approximate surface area is 147 Å². The molecule has 126 valence electrons. The van der Waals surface area contributed by atoms with Crippen molar-refractivity contribution in [3.63, 3.8) is 0 Å². The number of amides is 1. The summed E-state index contributed by atoms with van der Waals surface area (Å²) in [5.74, 6) is 5.92. The maximum Gasteiger partial charge on any atom is 0.416 e. The number of carbonyl (C=O) groups excluding carboxylic acids is 1. The van der Waals surface area contributed by atoms with Gasteiger partial charge >= 0.3 is 6.09 Å². The molecule has 1 aromatic carbocycles. The largest absolute Gasteiger partial charge is 0.416 e. The summed E-state index contributed by atoms with van der Waals surface area (Å²) in [5.41, 5.74) is 1.20. The van der Waals surface area contributed by atoms with Gasteiger partial charge < -0.3 is 9.64 Å². The maximum absolute atomic E-state index is 12.1. The van der Waals surface area contributed by atoms with E-state index in [0.29, 0.717) is 5.56 Å². The molecule has 0 bridgehead atoms. The van der Waals surface area contributed by atoms with Crippen LogP contribution in [0.3, 0.4) is 0 Å². The van der Waals surface area contributed by atoms with Crippen molar-refractivity contribution in [2.45, 2.75) is 26.3 Å². The van der Waals surface area contributed by atoms with Crippen LogP contribution in [-0.2, 0) is 0 Å². The molecule has 0 spiro atoms. The molecule has 5 nitrogen and oxygen atoms in total. The summed E-state index contributed by atoms with van der Waals surface area (Å²) in [6, 6.07) is 13.1. The number of nitrogens with zero attached hydrogens (tertiary/aromatic N) is 3. The molecule has 0 saturated heterocycles. The summed E-state index contributed by atoms with van der Waals surface area (Å²) in [6.45, 7) is 5.65. The van der Waals surface area contributed by atoms with E-state index < -0.39 is 11.6 Å². The average Bonchev–Trinajstić information content (AvgIpc) is 2.60. The van der Waals surface area contributed by atoms with Gasteiger partial charge in [-0.05, 0) is 39.0 Å². The summed E-state index contributed by atoms with van der Waals surface area (Å²) >= 11 is 0. The molecule has 2 rings (SSSR count). The number of ether oxygens (including phenoxy) is 1. The molecule has 1 heterocycles. The van der Waals surface area contributed by atoms with E-state index in [1.54, 1.807) is 13.1 Å². The first kappa shape index (κ1) is 18.0. The van der Waals surface area contributed by atoms with Gasteiger partial charge in [0, 0.05) is 29.9 Å². The monoisotopic (exact) mass is 333 g/mol. The molecule has 1 amide bonds. The molecule has 5 heteroatoms. The second-order valence-electron chi connectivity index (χ2n) is 6.40. The highest BCUT2D eigenvalue weighted by Crippen LogP contribution is 2.18. The fraction of sp³-hybridized carbons (Fsp3) is 0.250. The van der Waals surface area contributed by atoms with Crippen molar-refractivity contribution in [3.05, 3.63) is 59.3 Å². The molecule has 25 heavy (non-hydrogen) atoms. The van der Waals surface area contributed by atoms with E-state index in [9.17, 15) is 10.1 Å². The minimum absolute atomic E-state index is 0.0196. The van der Waals surface area contributed by atoms with Crippen molar-refractivity contribution >= 4 is 6.09 Å². The molecular weight excluding hydrogens is 314 g/mol. The highest BCUT2D eigenvalue weighted by molar-refractivity contribution is 5.71. The molecule has 0 aliphatic carbocycles. The third kappa shape index (κ3) is 4.83. The Balaban J connectivity index is 2.22. The van der Waals surface area contributed by atoms with Gasteiger partial charge in [-0.25, -0.2) is 9.78 Å². The Morgan fingerprint density at radius 3 is 2.40 bits per heavy atom. The predicted molar refractivity (Wildman–Crippen MR) is 94.9 cm³/mol. The maximum atomic E-state index is 12.1. The molecule has 0 aliphatic heterocycles. The molecule has 0 aliphatic rings. The van der Waals surface area contributed by atoms with Crippen LogP contribution in [0.1, 0.15) is 37.5 Å². The van der Waals surface area contributed by atoms with Gasteiger partial charge in [-0.2, -0.15) is 5.26 Å². The highest BCUT2D eigenvalue weighted by Gasteiger charge is 2.25. The first-order valence-electron chi connectivity index (χ1n) is 7.74. The number of aromatic nitrogens is 1. The lowest BCUT2D eigenvalue weighted by molar-refractivity contribution is 0.123. The van der Waals surface area contributed by atoms with Crippen LogP contribution in [-0.4, -0.2) is 28.6 Å². The first-order chi connectivity index (χ1) is 11.8. The first-order valence-corrected chi connectivity index (χ1v) is 7.74. The Morgan fingerprint density at radius 1 is 1.16 bits per heavy atom.